The molecule has 0 spiro atoms. The van der Waals surface area contributed by atoms with Crippen molar-refractivity contribution in [2.75, 3.05) is 19.6 Å². The average Bonchev–Trinajstić information content (AvgIpc) is 2.85. The van der Waals surface area contributed by atoms with E-state index in [4.69, 9.17) is 0 Å². The molecule has 1 saturated heterocycles. The lowest BCUT2D eigenvalue weighted by molar-refractivity contribution is -0.138. The number of nitrogens with zero attached hydrogens (tertiary/aromatic N) is 2. The first kappa shape index (κ1) is 17.8. The van der Waals surface area contributed by atoms with E-state index in [2.05, 4.69) is 10.4 Å². The first-order valence-electron chi connectivity index (χ1n) is 6.51. The predicted molar refractivity (Wildman–Crippen MR) is 73.4 cm³/mol. The Bertz CT molecular complexity index is 458. The van der Waals surface area contributed by atoms with Gasteiger partial charge >= 0.3 is 6.18 Å². The molecule has 5 nitrogen and oxygen atoms in total. The zero-order valence-corrected chi connectivity index (χ0v) is 12.1. The van der Waals surface area contributed by atoms with E-state index in [9.17, 15) is 18.0 Å². The first-order chi connectivity index (χ1) is 9.46. The third kappa shape index (κ3) is 5.55. The number of rotatable bonds is 4. The van der Waals surface area contributed by atoms with Crippen molar-refractivity contribution in [3.8, 4) is 0 Å². The van der Waals surface area contributed by atoms with Gasteiger partial charge in [-0.3, -0.25) is 9.48 Å². The zero-order chi connectivity index (χ0) is 14.6. The van der Waals surface area contributed by atoms with Crippen LogP contribution in [-0.4, -0.2) is 41.5 Å². The standard InChI is InChI=1S/C12H17F3N4O.ClH/c13-12(14,15)8-17-11(20)7-19-10(3-5-18-19)9-2-1-4-16-6-9;/h3,5,9,16H,1-2,4,6-8H2,(H,17,20);1H. The topological polar surface area (TPSA) is 59.0 Å². The fourth-order valence-electron chi connectivity index (χ4n) is 2.32. The van der Waals surface area contributed by atoms with Crippen molar-refractivity contribution in [1.29, 1.82) is 0 Å². The second kappa shape index (κ2) is 7.65. The number of hydrogen-bond donors (Lipinski definition) is 2. The number of aromatic nitrogens is 2. The van der Waals surface area contributed by atoms with Gasteiger partial charge in [0.25, 0.3) is 0 Å². The van der Waals surface area contributed by atoms with Gasteiger partial charge in [0.2, 0.25) is 5.91 Å². The lowest BCUT2D eigenvalue weighted by Crippen LogP contribution is -2.37. The molecule has 0 aliphatic carbocycles. The number of carbonyl (C=O) groups is 1. The van der Waals surface area contributed by atoms with E-state index in [1.54, 1.807) is 6.20 Å². The lowest BCUT2D eigenvalue weighted by Gasteiger charge is -2.23. The molecule has 1 aromatic heterocycles. The summed E-state index contributed by atoms with van der Waals surface area (Å²) in [6.45, 7) is 0.273. The van der Waals surface area contributed by atoms with Crippen molar-refractivity contribution in [2.24, 2.45) is 0 Å². The number of hydrogen-bond acceptors (Lipinski definition) is 3. The SMILES string of the molecule is Cl.O=C(Cn1nccc1C1CCCNC1)NCC(F)(F)F. The quantitative estimate of drug-likeness (QED) is 0.880. The van der Waals surface area contributed by atoms with Crippen molar-refractivity contribution in [1.82, 2.24) is 20.4 Å². The molecule has 1 atom stereocenters. The highest BCUT2D eigenvalue weighted by Gasteiger charge is 2.28. The molecule has 21 heavy (non-hydrogen) atoms. The van der Waals surface area contributed by atoms with E-state index in [-0.39, 0.29) is 24.9 Å². The van der Waals surface area contributed by atoms with Gasteiger partial charge < -0.3 is 10.6 Å². The molecule has 0 bridgehead atoms. The van der Waals surface area contributed by atoms with Crippen LogP contribution in [0.1, 0.15) is 24.5 Å². The van der Waals surface area contributed by atoms with Crippen LogP contribution in [0, 0.1) is 0 Å². The normalized spacial score (nSPS) is 18.9. The second-order valence-corrected chi connectivity index (χ2v) is 4.85. The molecule has 1 fully saturated rings. The minimum Gasteiger partial charge on any atom is -0.345 e. The number of halogens is 4. The van der Waals surface area contributed by atoms with Crippen molar-refractivity contribution in [2.45, 2.75) is 31.5 Å². The third-order valence-electron chi connectivity index (χ3n) is 3.24. The van der Waals surface area contributed by atoms with Gasteiger partial charge in [-0.1, -0.05) is 0 Å². The van der Waals surface area contributed by atoms with Crippen LogP contribution in [0.4, 0.5) is 13.2 Å². The molecule has 0 aromatic carbocycles. The molecule has 2 rings (SSSR count). The maximum Gasteiger partial charge on any atom is 0.405 e. The van der Waals surface area contributed by atoms with Crippen molar-refractivity contribution >= 4 is 18.3 Å². The monoisotopic (exact) mass is 326 g/mol. The summed E-state index contributed by atoms with van der Waals surface area (Å²) < 4.78 is 37.5. The maximum atomic E-state index is 12.0. The summed E-state index contributed by atoms with van der Waals surface area (Å²) in [7, 11) is 0. The van der Waals surface area contributed by atoms with Crippen LogP contribution in [0.25, 0.3) is 0 Å². The maximum absolute atomic E-state index is 12.0. The van der Waals surface area contributed by atoms with Crippen LogP contribution >= 0.6 is 12.4 Å². The third-order valence-corrected chi connectivity index (χ3v) is 3.24. The summed E-state index contributed by atoms with van der Waals surface area (Å²) in [6, 6.07) is 1.81. The van der Waals surface area contributed by atoms with Crippen LogP contribution in [0.3, 0.4) is 0 Å². The van der Waals surface area contributed by atoms with E-state index in [1.165, 1.54) is 4.68 Å². The van der Waals surface area contributed by atoms with Gasteiger partial charge in [0.1, 0.15) is 13.1 Å². The fourth-order valence-corrected chi connectivity index (χ4v) is 2.32. The van der Waals surface area contributed by atoms with Crippen LogP contribution in [-0.2, 0) is 11.3 Å². The zero-order valence-electron chi connectivity index (χ0n) is 11.3. The molecular formula is C12H18ClF3N4O. The van der Waals surface area contributed by atoms with Crippen LogP contribution < -0.4 is 10.6 Å². The Balaban J connectivity index is 0.00000220. The first-order valence-corrected chi connectivity index (χ1v) is 6.51. The Morgan fingerprint density at radius 3 is 2.90 bits per heavy atom. The summed E-state index contributed by atoms with van der Waals surface area (Å²) in [5.74, 6) is -0.433. The number of piperidine rings is 1. The second-order valence-electron chi connectivity index (χ2n) is 4.85. The highest BCUT2D eigenvalue weighted by Crippen LogP contribution is 2.22. The molecular weight excluding hydrogens is 309 g/mol. The van der Waals surface area contributed by atoms with Crippen LogP contribution in [0.5, 0.6) is 0 Å². The van der Waals surface area contributed by atoms with E-state index >= 15 is 0 Å². The Morgan fingerprint density at radius 1 is 1.52 bits per heavy atom. The summed E-state index contributed by atoms with van der Waals surface area (Å²) in [5, 5.41) is 9.13. The number of amides is 1. The molecule has 1 amide bonds. The molecule has 1 aromatic rings. The molecule has 0 radical (unpaired) electrons. The van der Waals surface area contributed by atoms with Gasteiger partial charge in [-0.2, -0.15) is 18.3 Å². The molecule has 2 N–H and O–H groups in total. The van der Waals surface area contributed by atoms with E-state index in [1.807, 2.05) is 11.4 Å². The highest BCUT2D eigenvalue weighted by atomic mass is 35.5. The Labute approximate surface area is 126 Å². The van der Waals surface area contributed by atoms with E-state index < -0.39 is 18.6 Å². The number of alkyl halides is 3. The van der Waals surface area contributed by atoms with Gasteiger partial charge in [-0.25, -0.2) is 0 Å². The van der Waals surface area contributed by atoms with Gasteiger partial charge in [0, 0.05) is 24.4 Å². The molecule has 1 aliphatic rings. The van der Waals surface area contributed by atoms with Crippen molar-refractivity contribution in [3.05, 3.63) is 18.0 Å². The summed E-state index contributed by atoms with van der Waals surface area (Å²) >= 11 is 0. The van der Waals surface area contributed by atoms with Gasteiger partial charge in [-0.05, 0) is 25.5 Å². The molecule has 120 valence electrons. The van der Waals surface area contributed by atoms with Gasteiger partial charge in [0.05, 0.1) is 0 Å². The molecule has 1 aliphatic heterocycles. The van der Waals surface area contributed by atoms with Crippen molar-refractivity contribution in [3.63, 3.8) is 0 Å². The minimum atomic E-state index is -4.39. The molecule has 9 heteroatoms. The van der Waals surface area contributed by atoms with Gasteiger partial charge in [0.15, 0.2) is 0 Å². The smallest absolute Gasteiger partial charge is 0.345 e. The number of nitrogens with one attached hydrogen (secondary N) is 2. The lowest BCUT2D eigenvalue weighted by atomic mass is 9.96. The van der Waals surface area contributed by atoms with E-state index in [0.29, 0.717) is 0 Å². The highest BCUT2D eigenvalue weighted by molar-refractivity contribution is 5.85. The van der Waals surface area contributed by atoms with E-state index in [0.717, 1.165) is 31.6 Å². The summed E-state index contributed by atoms with van der Waals surface area (Å²) in [6.07, 6.45) is -0.796. The molecule has 1 unspecified atom stereocenters. The molecule has 0 saturated carbocycles. The predicted octanol–water partition coefficient (Wildman–Crippen LogP) is 1.45. The number of carbonyl (C=O) groups excluding carboxylic acids is 1. The largest absolute Gasteiger partial charge is 0.405 e. The average molecular weight is 327 g/mol. The Hall–Kier alpha value is -1.28. The van der Waals surface area contributed by atoms with Crippen LogP contribution in [0.15, 0.2) is 12.3 Å². The summed E-state index contributed by atoms with van der Waals surface area (Å²) in [4.78, 5) is 11.5. The Kier molecular flexibility index (Phi) is 6.47. The Morgan fingerprint density at radius 2 is 2.29 bits per heavy atom. The fraction of sp³-hybridized carbons (Fsp3) is 0.667. The minimum absolute atomic E-state index is 0. The molecule has 2 heterocycles. The van der Waals surface area contributed by atoms with Crippen LogP contribution in [0.2, 0.25) is 0 Å². The summed E-state index contributed by atoms with van der Waals surface area (Å²) in [5.41, 5.74) is 0.888. The van der Waals surface area contributed by atoms with Crippen molar-refractivity contribution < 1.29 is 18.0 Å². The van der Waals surface area contributed by atoms with Gasteiger partial charge in [-0.15, -0.1) is 12.4 Å².